The highest BCUT2D eigenvalue weighted by atomic mass is 35.5. The minimum atomic E-state index is -0.395. The molecule has 0 radical (unpaired) electrons. The first-order valence-corrected chi connectivity index (χ1v) is 11.9. The predicted molar refractivity (Wildman–Crippen MR) is 122 cm³/mol. The first kappa shape index (κ1) is 20.1. The minimum Gasteiger partial charge on any atom is -0.492 e. The molecule has 4 heterocycles. The van der Waals surface area contributed by atoms with Gasteiger partial charge in [-0.15, -0.1) is 5.10 Å². The normalized spacial score (nSPS) is 24.5. The zero-order chi connectivity index (χ0) is 21.7. The number of piperidine rings is 1. The van der Waals surface area contributed by atoms with Crippen LogP contribution in [0.15, 0.2) is 51.7 Å². The number of rotatable bonds is 5. The maximum absolute atomic E-state index is 12.8. The van der Waals surface area contributed by atoms with Crippen LogP contribution in [-0.4, -0.2) is 39.9 Å². The molecule has 0 saturated carbocycles. The van der Waals surface area contributed by atoms with Crippen LogP contribution in [0.4, 0.5) is 0 Å². The molecule has 2 saturated heterocycles. The van der Waals surface area contributed by atoms with Gasteiger partial charge in [0.15, 0.2) is 0 Å². The van der Waals surface area contributed by atoms with E-state index in [4.69, 9.17) is 20.8 Å². The van der Waals surface area contributed by atoms with Gasteiger partial charge in [-0.05, 0) is 55.4 Å². The summed E-state index contributed by atoms with van der Waals surface area (Å²) in [4.78, 5) is 15.4. The van der Waals surface area contributed by atoms with Crippen molar-refractivity contribution in [3.63, 3.8) is 0 Å². The molecule has 2 fully saturated rings. The zero-order valence-electron chi connectivity index (χ0n) is 17.9. The molecule has 0 amide bonds. The maximum atomic E-state index is 12.8. The van der Waals surface area contributed by atoms with E-state index in [-0.39, 0.29) is 6.04 Å². The molecule has 1 aromatic heterocycles. The van der Waals surface area contributed by atoms with Crippen LogP contribution in [0, 0.1) is 0 Å². The van der Waals surface area contributed by atoms with E-state index < -0.39 is 5.76 Å². The summed E-state index contributed by atoms with van der Waals surface area (Å²) in [7, 11) is 0. The van der Waals surface area contributed by atoms with Crippen molar-refractivity contribution in [1.82, 2.24) is 14.7 Å². The Kier molecular flexibility index (Phi) is 5.07. The van der Waals surface area contributed by atoms with E-state index in [0.717, 1.165) is 43.5 Å². The number of ether oxygens (including phenoxy) is 1. The summed E-state index contributed by atoms with van der Waals surface area (Å²) in [6.07, 6.45) is 6.10. The third-order valence-electron chi connectivity index (χ3n) is 7.26. The van der Waals surface area contributed by atoms with Crippen LogP contribution in [0.1, 0.15) is 42.9 Å². The Hall–Kier alpha value is -2.57. The Morgan fingerprint density at radius 2 is 1.84 bits per heavy atom. The van der Waals surface area contributed by atoms with Gasteiger partial charge in [0.2, 0.25) is 0 Å². The minimum absolute atomic E-state index is 0.0682. The molecular formula is C25H26ClN3O3. The SMILES string of the molecule is O=c1oc(-c2cc(Cl)cc3c2OCC3)nn1C1CC2CCC(C1)N2CCc1ccccc1. The fourth-order valence-electron chi connectivity index (χ4n) is 5.77. The molecule has 6 rings (SSSR count). The van der Waals surface area contributed by atoms with Gasteiger partial charge in [0, 0.05) is 30.1 Å². The summed E-state index contributed by atoms with van der Waals surface area (Å²) in [6, 6.07) is 15.4. The van der Waals surface area contributed by atoms with Gasteiger partial charge in [0.1, 0.15) is 5.75 Å². The Morgan fingerprint density at radius 1 is 1.06 bits per heavy atom. The van der Waals surface area contributed by atoms with Crippen LogP contribution in [-0.2, 0) is 12.8 Å². The third kappa shape index (κ3) is 3.55. The van der Waals surface area contributed by atoms with E-state index in [1.54, 1.807) is 10.7 Å². The topological polar surface area (TPSA) is 60.5 Å². The van der Waals surface area contributed by atoms with E-state index in [1.165, 1.54) is 18.4 Å². The summed E-state index contributed by atoms with van der Waals surface area (Å²) in [5.41, 5.74) is 3.08. The summed E-state index contributed by atoms with van der Waals surface area (Å²) < 4.78 is 12.9. The van der Waals surface area contributed by atoms with E-state index >= 15 is 0 Å². The number of aromatic nitrogens is 2. The molecular weight excluding hydrogens is 426 g/mol. The molecule has 2 bridgehead atoms. The number of nitrogens with zero attached hydrogens (tertiary/aromatic N) is 3. The van der Waals surface area contributed by atoms with Crippen molar-refractivity contribution in [1.29, 1.82) is 0 Å². The van der Waals surface area contributed by atoms with Gasteiger partial charge in [0.05, 0.1) is 18.2 Å². The number of benzene rings is 2. The van der Waals surface area contributed by atoms with Gasteiger partial charge in [-0.25, -0.2) is 4.79 Å². The highest BCUT2D eigenvalue weighted by Crippen LogP contribution is 2.41. The van der Waals surface area contributed by atoms with Gasteiger partial charge in [-0.1, -0.05) is 41.9 Å². The molecule has 2 aromatic carbocycles. The van der Waals surface area contributed by atoms with Crippen molar-refractivity contribution in [2.45, 2.75) is 56.7 Å². The molecule has 0 N–H and O–H groups in total. The second kappa shape index (κ2) is 8.09. The van der Waals surface area contributed by atoms with E-state index in [2.05, 4.69) is 40.3 Å². The first-order valence-electron chi connectivity index (χ1n) is 11.5. The second-order valence-corrected chi connectivity index (χ2v) is 9.58. The lowest BCUT2D eigenvalue weighted by Crippen LogP contribution is -2.45. The number of halogens is 1. The molecule has 0 spiro atoms. The lowest BCUT2D eigenvalue weighted by molar-refractivity contribution is 0.101. The first-order chi connectivity index (χ1) is 15.7. The van der Waals surface area contributed by atoms with Gasteiger partial charge in [0.25, 0.3) is 5.89 Å². The average molecular weight is 452 g/mol. The Labute approximate surface area is 191 Å². The standard InChI is InChI=1S/C25H26ClN3O3/c26-18-12-17-9-11-31-23(17)22(13-18)24-27-29(25(30)32-24)21-14-19-6-7-20(15-21)28(19)10-8-16-4-2-1-3-5-16/h1-5,12-13,19-21H,6-11,14-15H2. The van der Waals surface area contributed by atoms with Crippen LogP contribution >= 0.6 is 11.6 Å². The molecule has 3 aliphatic heterocycles. The molecule has 2 atom stereocenters. The van der Waals surface area contributed by atoms with Crippen LogP contribution in [0.5, 0.6) is 5.75 Å². The zero-order valence-corrected chi connectivity index (χ0v) is 18.6. The summed E-state index contributed by atoms with van der Waals surface area (Å²) in [5, 5.41) is 5.22. The smallest absolute Gasteiger partial charge is 0.437 e. The molecule has 3 aliphatic rings. The van der Waals surface area contributed by atoms with Gasteiger partial charge in [-0.2, -0.15) is 4.68 Å². The monoisotopic (exact) mass is 451 g/mol. The van der Waals surface area contributed by atoms with Crippen molar-refractivity contribution in [3.8, 4) is 17.2 Å². The van der Waals surface area contributed by atoms with Gasteiger partial charge in [-0.3, -0.25) is 4.90 Å². The predicted octanol–water partition coefficient (Wildman–Crippen LogP) is 4.50. The van der Waals surface area contributed by atoms with Crippen LogP contribution < -0.4 is 10.5 Å². The van der Waals surface area contributed by atoms with Crippen LogP contribution in [0.25, 0.3) is 11.5 Å². The Morgan fingerprint density at radius 3 is 2.62 bits per heavy atom. The van der Waals surface area contributed by atoms with Gasteiger partial charge >= 0.3 is 5.76 Å². The summed E-state index contributed by atoms with van der Waals surface area (Å²) in [6.45, 7) is 1.68. The summed E-state index contributed by atoms with van der Waals surface area (Å²) >= 11 is 6.29. The number of fused-ring (bicyclic) bond motifs is 3. The second-order valence-electron chi connectivity index (χ2n) is 9.14. The van der Waals surface area contributed by atoms with Crippen LogP contribution in [0.3, 0.4) is 0 Å². The van der Waals surface area contributed by atoms with Crippen molar-refractivity contribution in [2.24, 2.45) is 0 Å². The van der Waals surface area contributed by atoms with E-state index in [9.17, 15) is 4.79 Å². The Balaban J connectivity index is 1.21. The lowest BCUT2D eigenvalue weighted by atomic mass is 9.97. The number of hydrogen-bond donors (Lipinski definition) is 0. The molecule has 7 heteroatoms. The highest BCUT2D eigenvalue weighted by Gasteiger charge is 2.42. The molecule has 3 aromatic rings. The summed E-state index contributed by atoms with van der Waals surface area (Å²) in [5.74, 6) is 0.641. The van der Waals surface area contributed by atoms with E-state index in [1.807, 2.05) is 6.07 Å². The molecule has 32 heavy (non-hydrogen) atoms. The highest BCUT2D eigenvalue weighted by molar-refractivity contribution is 6.31. The maximum Gasteiger partial charge on any atom is 0.437 e. The number of hydrogen-bond acceptors (Lipinski definition) is 5. The fourth-order valence-corrected chi connectivity index (χ4v) is 6.01. The third-order valence-corrected chi connectivity index (χ3v) is 7.47. The average Bonchev–Trinajstić information content (AvgIpc) is 3.48. The quantitative estimate of drug-likeness (QED) is 0.571. The van der Waals surface area contributed by atoms with Crippen molar-refractivity contribution in [3.05, 3.63) is 69.2 Å². The largest absolute Gasteiger partial charge is 0.492 e. The van der Waals surface area contributed by atoms with Crippen molar-refractivity contribution < 1.29 is 9.15 Å². The van der Waals surface area contributed by atoms with E-state index in [0.29, 0.717) is 35.2 Å². The van der Waals surface area contributed by atoms with Crippen molar-refractivity contribution in [2.75, 3.05) is 13.2 Å². The van der Waals surface area contributed by atoms with Gasteiger partial charge < -0.3 is 9.15 Å². The Bertz CT molecular complexity index is 1170. The lowest BCUT2D eigenvalue weighted by Gasteiger charge is -2.38. The molecule has 0 aliphatic carbocycles. The van der Waals surface area contributed by atoms with Crippen LogP contribution in [0.2, 0.25) is 5.02 Å². The van der Waals surface area contributed by atoms with Crippen molar-refractivity contribution >= 4 is 11.6 Å². The molecule has 166 valence electrons. The molecule has 2 unspecified atom stereocenters. The fraction of sp³-hybridized carbons (Fsp3) is 0.440. The molecule has 6 nitrogen and oxygen atoms in total.